The molecule has 6 heteroatoms. The van der Waals surface area contributed by atoms with Crippen molar-refractivity contribution >= 4 is 55.8 Å². The van der Waals surface area contributed by atoms with Gasteiger partial charge in [0.05, 0.1) is 0 Å². The van der Waals surface area contributed by atoms with Gasteiger partial charge in [0.15, 0.2) is 24.6 Å². The lowest BCUT2D eigenvalue weighted by atomic mass is 9.93. The fourth-order valence-corrected chi connectivity index (χ4v) is 12.0. The molecule has 67 heavy (non-hydrogen) atoms. The molecule has 0 saturated carbocycles. The minimum atomic E-state index is -3.13. The fraction of sp³-hybridized carbons (Fsp3) is 0. The lowest BCUT2D eigenvalue weighted by molar-refractivity contribution is 0.592. The van der Waals surface area contributed by atoms with Crippen LogP contribution >= 0.6 is 7.14 Å². The van der Waals surface area contributed by atoms with Crippen molar-refractivity contribution in [1.29, 1.82) is 0 Å². The zero-order chi connectivity index (χ0) is 44.7. The Hall–Kier alpha value is -8.50. The fourth-order valence-electron chi connectivity index (χ4n) is 9.32. The van der Waals surface area contributed by atoms with Gasteiger partial charge in [0.2, 0.25) is 0 Å². The third-order valence-electron chi connectivity index (χ3n) is 12.6. The van der Waals surface area contributed by atoms with E-state index in [1.807, 2.05) is 133 Å². The molecule has 12 rings (SSSR count). The highest BCUT2D eigenvalue weighted by atomic mass is 31.2. The molecule has 0 aliphatic heterocycles. The summed E-state index contributed by atoms with van der Waals surface area (Å²) in [6.45, 7) is 0. The molecule has 0 spiro atoms. The van der Waals surface area contributed by atoms with Crippen LogP contribution < -0.4 is 15.9 Å². The van der Waals surface area contributed by atoms with E-state index < -0.39 is 7.14 Å². The molecule has 0 bridgehead atoms. The maximum atomic E-state index is 15.2. The maximum Gasteiger partial charge on any atom is 0.171 e. The van der Waals surface area contributed by atoms with E-state index in [0.717, 1.165) is 98.7 Å². The molecule has 0 fully saturated rings. The van der Waals surface area contributed by atoms with E-state index in [4.69, 9.17) is 19.4 Å². The highest BCUT2D eigenvalue weighted by Gasteiger charge is 2.29. The van der Waals surface area contributed by atoms with E-state index in [0.29, 0.717) is 17.5 Å². The second-order valence-electron chi connectivity index (χ2n) is 16.7. The predicted octanol–water partition coefficient (Wildman–Crippen LogP) is 14.6. The van der Waals surface area contributed by atoms with Crippen molar-refractivity contribution in [2.45, 2.75) is 0 Å². The van der Waals surface area contributed by atoms with Crippen molar-refractivity contribution < 1.29 is 8.98 Å². The molecule has 0 unspecified atom stereocenters. The van der Waals surface area contributed by atoms with Crippen molar-refractivity contribution in [2.24, 2.45) is 0 Å². The summed E-state index contributed by atoms with van der Waals surface area (Å²) in [6.07, 6.45) is 0. The average molecular weight is 878 g/mol. The van der Waals surface area contributed by atoms with Gasteiger partial charge in [-0.1, -0.05) is 224 Å². The van der Waals surface area contributed by atoms with E-state index in [9.17, 15) is 0 Å². The highest BCUT2D eigenvalue weighted by Crippen LogP contribution is 2.45. The minimum Gasteiger partial charge on any atom is -0.455 e. The SMILES string of the molecule is O=P(c1ccccc1)(c1ccccc1)c1ccc(-c2cc3c(oc4cccc(-c5ccc(-c6cccc(-c7nc(-c8ccccc8)nc(-c8ccccc8)n7)c6)cc5)c43)c3ccccc23)cc1. The van der Waals surface area contributed by atoms with E-state index >= 15 is 4.57 Å². The molecule has 5 nitrogen and oxygen atoms in total. The quantitative estimate of drug-likeness (QED) is 0.135. The number of benzene rings is 10. The Morgan fingerprint density at radius 1 is 0.313 bits per heavy atom. The van der Waals surface area contributed by atoms with Gasteiger partial charge in [-0.25, -0.2) is 15.0 Å². The summed E-state index contributed by atoms with van der Waals surface area (Å²) in [5, 5.41) is 6.66. The molecule has 12 aromatic rings. The molecule has 0 radical (unpaired) electrons. The number of nitrogens with zero attached hydrogens (tertiary/aromatic N) is 3. The van der Waals surface area contributed by atoms with Gasteiger partial charge in [0.1, 0.15) is 11.2 Å². The summed E-state index contributed by atoms with van der Waals surface area (Å²) < 4.78 is 22.0. The van der Waals surface area contributed by atoms with Gasteiger partial charge in [-0.3, -0.25) is 0 Å². The van der Waals surface area contributed by atoms with Crippen LogP contribution in [0.1, 0.15) is 0 Å². The van der Waals surface area contributed by atoms with E-state index in [2.05, 4.69) is 109 Å². The average Bonchev–Trinajstić information content (AvgIpc) is 3.81. The topological polar surface area (TPSA) is 68.9 Å². The van der Waals surface area contributed by atoms with Crippen LogP contribution in [0.4, 0.5) is 0 Å². The third-order valence-corrected chi connectivity index (χ3v) is 15.7. The third kappa shape index (κ3) is 7.23. The van der Waals surface area contributed by atoms with E-state index in [1.54, 1.807) is 0 Å². The Bertz CT molecular complexity index is 3700. The van der Waals surface area contributed by atoms with Gasteiger partial charge in [-0.05, 0) is 57.0 Å². The zero-order valence-electron chi connectivity index (χ0n) is 36.2. The van der Waals surface area contributed by atoms with Crippen LogP contribution in [-0.2, 0) is 4.57 Å². The zero-order valence-corrected chi connectivity index (χ0v) is 37.1. The van der Waals surface area contributed by atoms with Crippen molar-refractivity contribution in [3.8, 4) is 67.5 Å². The van der Waals surface area contributed by atoms with Crippen LogP contribution in [0.2, 0.25) is 0 Å². The van der Waals surface area contributed by atoms with Crippen LogP contribution in [0.5, 0.6) is 0 Å². The normalized spacial score (nSPS) is 11.6. The number of rotatable bonds is 9. The van der Waals surface area contributed by atoms with Gasteiger partial charge < -0.3 is 8.98 Å². The number of fused-ring (bicyclic) bond motifs is 5. The van der Waals surface area contributed by atoms with E-state index in [-0.39, 0.29) is 0 Å². The molecule has 316 valence electrons. The highest BCUT2D eigenvalue weighted by molar-refractivity contribution is 7.85. The van der Waals surface area contributed by atoms with Gasteiger partial charge in [0, 0.05) is 48.8 Å². The summed E-state index contributed by atoms with van der Waals surface area (Å²) in [4.78, 5) is 14.8. The number of aromatic nitrogens is 3. The minimum absolute atomic E-state index is 0.617. The molecular formula is C61H40N3O2P. The van der Waals surface area contributed by atoms with Crippen molar-refractivity contribution in [3.63, 3.8) is 0 Å². The second-order valence-corrected chi connectivity index (χ2v) is 19.4. The summed E-state index contributed by atoms with van der Waals surface area (Å²) in [5.41, 5.74) is 10.9. The maximum absolute atomic E-state index is 15.2. The van der Waals surface area contributed by atoms with Gasteiger partial charge in [-0.15, -0.1) is 0 Å². The smallest absolute Gasteiger partial charge is 0.171 e. The first kappa shape index (κ1) is 40.0. The lowest BCUT2D eigenvalue weighted by Crippen LogP contribution is -2.24. The van der Waals surface area contributed by atoms with Crippen LogP contribution in [0.15, 0.2) is 247 Å². The van der Waals surface area contributed by atoms with Gasteiger partial charge in [-0.2, -0.15) is 0 Å². The molecule has 0 amide bonds. The second kappa shape index (κ2) is 16.8. The van der Waals surface area contributed by atoms with Crippen LogP contribution in [-0.4, -0.2) is 15.0 Å². The van der Waals surface area contributed by atoms with Crippen molar-refractivity contribution in [3.05, 3.63) is 243 Å². The molecule has 0 saturated heterocycles. The molecule has 10 aromatic carbocycles. The monoisotopic (exact) mass is 877 g/mol. The predicted molar refractivity (Wildman–Crippen MR) is 277 cm³/mol. The molecule has 2 heterocycles. The molecule has 0 aliphatic rings. The summed E-state index contributed by atoms with van der Waals surface area (Å²) in [5.74, 6) is 1.88. The van der Waals surface area contributed by atoms with Crippen LogP contribution in [0.3, 0.4) is 0 Å². The summed E-state index contributed by atoms with van der Waals surface area (Å²) in [6, 6.07) is 82.2. The first-order valence-corrected chi connectivity index (χ1v) is 24.1. The van der Waals surface area contributed by atoms with Gasteiger partial charge >= 0.3 is 0 Å². The number of hydrogen-bond acceptors (Lipinski definition) is 5. The number of furan rings is 1. The Balaban J connectivity index is 0.922. The molecule has 0 aliphatic carbocycles. The summed E-state index contributed by atoms with van der Waals surface area (Å²) >= 11 is 0. The standard InChI is InChI=1S/C61H40N3O2P/c65-67(48-23-9-3-10-24-48,49-25-11-4-12-26-49)50-37-35-43(36-38-50)54-40-55-57-51(29-16-30-56(57)66-58(55)53-28-14-13-27-52(53)54)42-33-31-41(32-34-42)46-21-15-22-47(39-46)61-63-59(44-17-5-1-6-18-44)62-60(64-61)45-19-7-2-8-20-45/h1-40H. The van der Waals surface area contributed by atoms with Gasteiger partial charge in [0.25, 0.3) is 0 Å². The van der Waals surface area contributed by atoms with Crippen LogP contribution in [0.25, 0.3) is 100 Å². The molecule has 0 N–H and O–H groups in total. The Kier molecular flexibility index (Phi) is 10.0. The Morgan fingerprint density at radius 3 is 1.37 bits per heavy atom. The van der Waals surface area contributed by atoms with Crippen molar-refractivity contribution in [1.82, 2.24) is 15.0 Å². The Labute approximate surface area is 388 Å². The largest absolute Gasteiger partial charge is 0.455 e. The van der Waals surface area contributed by atoms with Crippen LogP contribution in [0, 0.1) is 0 Å². The number of hydrogen-bond donors (Lipinski definition) is 0. The first-order valence-electron chi connectivity index (χ1n) is 22.4. The summed E-state index contributed by atoms with van der Waals surface area (Å²) in [7, 11) is -3.13. The van der Waals surface area contributed by atoms with Crippen molar-refractivity contribution in [2.75, 3.05) is 0 Å². The Morgan fingerprint density at radius 2 is 0.761 bits per heavy atom. The molecule has 2 aromatic heterocycles. The lowest BCUT2D eigenvalue weighted by Gasteiger charge is -2.20. The first-order chi connectivity index (χ1) is 33.1. The molecular weight excluding hydrogens is 838 g/mol. The van der Waals surface area contributed by atoms with E-state index in [1.165, 1.54) is 0 Å². The molecule has 0 atom stereocenters.